The van der Waals surface area contributed by atoms with Crippen molar-refractivity contribution in [2.24, 2.45) is 0 Å². The topological polar surface area (TPSA) is 42.4 Å². The van der Waals surface area contributed by atoms with Gasteiger partial charge in [0.2, 0.25) is 0 Å². The molecule has 1 heterocycles. The second kappa shape index (κ2) is 6.37. The Kier molecular flexibility index (Phi) is 4.78. The lowest BCUT2D eigenvalue weighted by Gasteiger charge is -2.11. The van der Waals surface area contributed by atoms with Crippen molar-refractivity contribution in [2.45, 2.75) is 46.3 Å². The van der Waals surface area contributed by atoms with Crippen molar-refractivity contribution in [1.82, 2.24) is 4.98 Å². The van der Waals surface area contributed by atoms with Gasteiger partial charge in [-0.15, -0.1) is 11.3 Å². The molecule has 1 aromatic carbocycles. The van der Waals surface area contributed by atoms with Gasteiger partial charge in [0.25, 0.3) is 0 Å². The van der Waals surface area contributed by atoms with Crippen molar-refractivity contribution in [2.75, 3.05) is 0 Å². The van der Waals surface area contributed by atoms with Gasteiger partial charge in [-0.05, 0) is 37.1 Å². The molecule has 0 aliphatic heterocycles. The summed E-state index contributed by atoms with van der Waals surface area (Å²) < 4.78 is 5.81. The molecule has 0 fully saturated rings. The van der Waals surface area contributed by atoms with Gasteiger partial charge >= 0.3 is 0 Å². The van der Waals surface area contributed by atoms with Crippen LogP contribution in [0.25, 0.3) is 0 Å². The number of nitrogens with zero attached hydrogens (tertiary/aromatic N) is 1. The highest BCUT2D eigenvalue weighted by Crippen LogP contribution is 2.24. The minimum Gasteiger partial charge on any atom is -0.487 e. The molecule has 0 amide bonds. The molecule has 0 saturated heterocycles. The second-order valence-electron chi connectivity index (χ2n) is 5.32. The first-order valence-corrected chi connectivity index (χ1v) is 7.71. The largest absolute Gasteiger partial charge is 0.487 e. The van der Waals surface area contributed by atoms with E-state index >= 15 is 0 Å². The summed E-state index contributed by atoms with van der Waals surface area (Å²) in [5.41, 5.74) is 2.91. The van der Waals surface area contributed by atoms with Crippen LogP contribution in [0.5, 0.6) is 5.75 Å². The lowest BCUT2D eigenvalue weighted by molar-refractivity contribution is 0.199. The van der Waals surface area contributed by atoms with Crippen LogP contribution in [0.4, 0.5) is 0 Å². The molecule has 1 aromatic heterocycles. The standard InChI is InChI=1S/C16H21NO2S/c1-10(2)16-17-14(9-20-16)8-19-15-6-5-13(12(4)18)7-11(15)3/h5-7,9-10,12,18H,8H2,1-4H3/t12-/m0/s1. The Morgan fingerprint density at radius 2 is 2.05 bits per heavy atom. The van der Waals surface area contributed by atoms with E-state index in [0.29, 0.717) is 12.5 Å². The van der Waals surface area contributed by atoms with Crippen LogP contribution in [-0.4, -0.2) is 10.1 Å². The van der Waals surface area contributed by atoms with Gasteiger partial charge in [-0.25, -0.2) is 4.98 Å². The van der Waals surface area contributed by atoms with Crippen LogP contribution in [0.2, 0.25) is 0 Å². The minimum absolute atomic E-state index is 0.449. The molecule has 0 radical (unpaired) electrons. The highest BCUT2D eigenvalue weighted by Gasteiger charge is 2.08. The van der Waals surface area contributed by atoms with Gasteiger partial charge in [-0.3, -0.25) is 0 Å². The summed E-state index contributed by atoms with van der Waals surface area (Å²) in [4.78, 5) is 4.55. The average Bonchev–Trinajstić information content (AvgIpc) is 2.86. The number of hydrogen-bond acceptors (Lipinski definition) is 4. The van der Waals surface area contributed by atoms with Gasteiger partial charge in [0.05, 0.1) is 16.8 Å². The van der Waals surface area contributed by atoms with Crippen LogP contribution < -0.4 is 4.74 Å². The van der Waals surface area contributed by atoms with Crippen molar-refractivity contribution in [3.05, 3.63) is 45.4 Å². The van der Waals surface area contributed by atoms with E-state index in [1.54, 1.807) is 18.3 Å². The van der Waals surface area contributed by atoms with Crippen LogP contribution in [0.3, 0.4) is 0 Å². The Hall–Kier alpha value is -1.39. The molecule has 4 heteroatoms. The number of thiazole rings is 1. The number of aliphatic hydroxyl groups is 1. The van der Waals surface area contributed by atoms with Crippen molar-refractivity contribution < 1.29 is 9.84 Å². The van der Waals surface area contributed by atoms with Crippen LogP contribution in [-0.2, 0) is 6.61 Å². The highest BCUT2D eigenvalue weighted by molar-refractivity contribution is 7.09. The third kappa shape index (κ3) is 3.58. The number of benzene rings is 1. The second-order valence-corrected chi connectivity index (χ2v) is 6.21. The monoisotopic (exact) mass is 291 g/mol. The van der Waals surface area contributed by atoms with Gasteiger partial charge in [-0.2, -0.15) is 0 Å². The molecule has 0 bridgehead atoms. The number of aliphatic hydroxyl groups excluding tert-OH is 1. The van der Waals surface area contributed by atoms with Gasteiger partial charge in [0.1, 0.15) is 12.4 Å². The third-order valence-electron chi connectivity index (χ3n) is 3.12. The first kappa shape index (κ1) is 15.0. The first-order chi connectivity index (χ1) is 9.47. The summed E-state index contributed by atoms with van der Waals surface area (Å²) >= 11 is 1.68. The Labute approximate surface area is 124 Å². The minimum atomic E-state index is -0.449. The van der Waals surface area contributed by atoms with E-state index in [2.05, 4.69) is 24.2 Å². The fourth-order valence-corrected chi connectivity index (χ4v) is 2.72. The zero-order valence-electron chi connectivity index (χ0n) is 12.4. The quantitative estimate of drug-likeness (QED) is 0.897. The predicted octanol–water partition coefficient (Wildman–Crippen LogP) is 4.21. The lowest BCUT2D eigenvalue weighted by Crippen LogP contribution is -1.99. The summed E-state index contributed by atoms with van der Waals surface area (Å²) in [7, 11) is 0. The maximum Gasteiger partial charge on any atom is 0.131 e. The molecule has 3 nitrogen and oxygen atoms in total. The van der Waals surface area contributed by atoms with Crippen LogP contribution in [0, 0.1) is 6.92 Å². The molecule has 0 spiro atoms. The summed E-state index contributed by atoms with van der Waals surface area (Å²) in [6, 6.07) is 5.77. The van der Waals surface area contributed by atoms with Crippen molar-refractivity contribution in [1.29, 1.82) is 0 Å². The van der Waals surface area contributed by atoms with Crippen molar-refractivity contribution >= 4 is 11.3 Å². The fraction of sp³-hybridized carbons (Fsp3) is 0.438. The van der Waals surface area contributed by atoms with Crippen LogP contribution in [0.1, 0.15) is 54.6 Å². The van der Waals surface area contributed by atoms with Gasteiger partial charge in [0.15, 0.2) is 0 Å². The molecule has 2 aromatic rings. The fourth-order valence-electron chi connectivity index (χ4n) is 1.90. The molecule has 0 aliphatic carbocycles. The Balaban J connectivity index is 2.03. The van der Waals surface area contributed by atoms with E-state index in [9.17, 15) is 5.11 Å². The Morgan fingerprint density at radius 3 is 2.60 bits per heavy atom. The summed E-state index contributed by atoms with van der Waals surface area (Å²) in [6.45, 7) is 8.52. The Morgan fingerprint density at radius 1 is 1.30 bits per heavy atom. The molecule has 0 saturated carbocycles. The smallest absolute Gasteiger partial charge is 0.131 e. The molecule has 108 valence electrons. The normalized spacial score (nSPS) is 12.7. The summed E-state index contributed by atoms with van der Waals surface area (Å²) in [6.07, 6.45) is -0.449. The lowest BCUT2D eigenvalue weighted by atomic mass is 10.1. The van der Waals surface area contributed by atoms with E-state index in [0.717, 1.165) is 27.6 Å². The molecule has 0 aliphatic rings. The molecular weight excluding hydrogens is 270 g/mol. The number of ether oxygens (including phenoxy) is 1. The van der Waals surface area contributed by atoms with E-state index < -0.39 is 6.10 Å². The molecular formula is C16H21NO2S. The van der Waals surface area contributed by atoms with E-state index in [1.165, 1.54) is 0 Å². The van der Waals surface area contributed by atoms with Crippen molar-refractivity contribution in [3.63, 3.8) is 0 Å². The summed E-state index contributed by atoms with van der Waals surface area (Å²) in [5, 5.41) is 12.7. The van der Waals surface area contributed by atoms with Gasteiger partial charge in [0, 0.05) is 11.3 Å². The number of hydrogen-bond donors (Lipinski definition) is 1. The van der Waals surface area contributed by atoms with E-state index in [1.807, 2.05) is 25.1 Å². The highest BCUT2D eigenvalue weighted by atomic mass is 32.1. The third-order valence-corrected chi connectivity index (χ3v) is 4.31. The Bertz CT molecular complexity index is 576. The van der Waals surface area contributed by atoms with Gasteiger partial charge < -0.3 is 9.84 Å². The molecule has 0 unspecified atom stereocenters. The van der Waals surface area contributed by atoms with E-state index in [-0.39, 0.29) is 0 Å². The number of aromatic nitrogens is 1. The molecule has 2 rings (SSSR count). The zero-order valence-corrected chi connectivity index (χ0v) is 13.2. The van der Waals surface area contributed by atoms with Crippen LogP contribution >= 0.6 is 11.3 Å². The SMILES string of the molecule is Cc1cc([C@H](C)O)ccc1OCc1csc(C(C)C)n1. The van der Waals surface area contributed by atoms with E-state index in [4.69, 9.17) is 4.74 Å². The number of rotatable bonds is 5. The molecule has 1 N–H and O–H groups in total. The maximum absolute atomic E-state index is 9.55. The molecule has 1 atom stereocenters. The zero-order chi connectivity index (χ0) is 14.7. The van der Waals surface area contributed by atoms with Gasteiger partial charge in [-0.1, -0.05) is 19.9 Å². The number of aryl methyl sites for hydroxylation is 1. The summed E-state index contributed by atoms with van der Waals surface area (Å²) in [5.74, 6) is 1.30. The average molecular weight is 291 g/mol. The first-order valence-electron chi connectivity index (χ1n) is 6.83. The maximum atomic E-state index is 9.55. The van der Waals surface area contributed by atoms with Crippen molar-refractivity contribution in [3.8, 4) is 5.75 Å². The van der Waals surface area contributed by atoms with Crippen LogP contribution in [0.15, 0.2) is 23.6 Å². The molecule has 20 heavy (non-hydrogen) atoms. The predicted molar refractivity (Wildman–Crippen MR) is 82.3 cm³/mol.